The summed E-state index contributed by atoms with van der Waals surface area (Å²) in [6, 6.07) is -1.95. The molecule has 2 amide bonds. The molecule has 122 valence electrons. The first-order valence-electron chi connectivity index (χ1n) is 6.62. The number of nitrogens with two attached hydrogens (primary N) is 1. The maximum atomic E-state index is 11.8. The number of rotatable bonds is 11. The summed E-state index contributed by atoms with van der Waals surface area (Å²) in [4.78, 5) is 44.6. The number of hydrogen-bond acceptors (Lipinski definition) is 6. The molecule has 11 heteroatoms. The van der Waals surface area contributed by atoms with E-state index in [2.05, 4.69) is 15.1 Å². The molecule has 0 rings (SSSR count). The van der Waals surface area contributed by atoms with Crippen molar-refractivity contribution >= 4 is 32.0 Å². The Kier molecular flexibility index (Phi) is 11.2. The summed E-state index contributed by atoms with van der Waals surface area (Å²) < 4.78 is 2.10. The van der Waals surface area contributed by atoms with Crippen molar-refractivity contribution < 1.29 is 52.5 Å². The molecule has 0 aromatic rings. The van der Waals surface area contributed by atoms with Crippen molar-refractivity contribution in [2.45, 2.75) is 29.4 Å². The van der Waals surface area contributed by atoms with Crippen molar-refractivity contribution in [1.29, 1.82) is 0 Å². The van der Waals surface area contributed by atoms with Gasteiger partial charge in [0.2, 0.25) is 0 Å². The van der Waals surface area contributed by atoms with E-state index < -0.39 is 65.4 Å². The third-order valence-corrected chi connectivity index (χ3v) is 11.0. The monoisotopic (exact) mass is 523 g/mol. The Morgan fingerprint density at radius 1 is 1.27 bits per heavy atom. The molecule has 0 saturated carbocycles. The van der Waals surface area contributed by atoms with Gasteiger partial charge in [0.15, 0.2) is 0 Å². The van der Waals surface area contributed by atoms with E-state index >= 15 is 0 Å². The molecular weight excluding hydrogens is 503 g/mol. The average molecular weight is 522 g/mol. The summed E-state index contributed by atoms with van der Waals surface area (Å²) >= 11 is -1.06. The zero-order chi connectivity index (χ0) is 17.1. The maximum absolute atomic E-state index is 11.8. The molecule has 0 aliphatic rings. The van der Waals surface area contributed by atoms with Gasteiger partial charge >= 0.3 is 142 Å². The fourth-order valence-electron chi connectivity index (χ4n) is 1.38. The molecule has 0 radical (unpaired) electrons. The zero-order valence-corrected chi connectivity index (χ0v) is 18.5. The van der Waals surface area contributed by atoms with E-state index in [0.29, 0.717) is 5.75 Å². The second-order valence-corrected chi connectivity index (χ2v) is 17.2. The fraction of sp³-hybridized carbons (Fsp3) is 0.636. The SMILES string of the molecule is [CH3][Hg][S]C[C@H](NC(=O)CC[C@H](N)C(=O)O)C(=O)NCC(=O)O. The molecule has 0 heterocycles. The number of carbonyl (C=O) groups is 4. The van der Waals surface area contributed by atoms with Crippen LogP contribution in [-0.2, 0) is 42.2 Å². The van der Waals surface area contributed by atoms with Crippen molar-refractivity contribution in [1.82, 2.24) is 10.6 Å². The first-order chi connectivity index (χ1) is 10.3. The molecule has 22 heavy (non-hydrogen) atoms. The summed E-state index contributed by atoms with van der Waals surface area (Å²) in [5, 5.41) is 21.9. The Labute approximate surface area is 142 Å². The first-order valence-corrected chi connectivity index (χ1v) is 20.0. The van der Waals surface area contributed by atoms with E-state index in [1.54, 1.807) is 8.24 Å². The van der Waals surface area contributed by atoms with E-state index in [1.807, 2.05) is 0 Å². The van der Waals surface area contributed by atoms with E-state index in [4.69, 9.17) is 15.9 Å². The average Bonchev–Trinajstić information content (AvgIpc) is 2.46. The van der Waals surface area contributed by atoms with Crippen LogP contribution in [0, 0.1) is 0 Å². The number of hydrogen-bond donors (Lipinski definition) is 5. The van der Waals surface area contributed by atoms with Crippen LogP contribution >= 0.6 is 8.24 Å². The molecule has 0 unspecified atom stereocenters. The molecule has 0 aliphatic heterocycles. The molecular formula is C11H19HgN3O6S. The summed E-state index contributed by atoms with van der Waals surface area (Å²) in [5.74, 6) is -3.03. The summed E-state index contributed by atoms with van der Waals surface area (Å²) in [6.45, 7) is -0.518. The second kappa shape index (κ2) is 11.7. The molecule has 0 fully saturated rings. The van der Waals surface area contributed by atoms with Gasteiger partial charge in [0, 0.05) is 0 Å². The van der Waals surface area contributed by atoms with Crippen LogP contribution < -0.4 is 16.4 Å². The van der Waals surface area contributed by atoms with E-state index in [1.165, 1.54) is 0 Å². The van der Waals surface area contributed by atoms with Gasteiger partial charge in [-0.05, 0) is 0 Å². The number of carboxylic acids is 2. The molecule has 0 bridgehead atoms. The second-order valence-electron chi connectivity index (χ2n) is 4.37. The minimum atomic E-state index is -1.19. The van der Waals surface area contributed by atoms with E-state index in [-0.39, 0.29) is 12.8 Å². The number of aliphatic carboxylic acids is 2. The van der Waals surface area contributed by atoms with Gasteiger partial charge in [0.05, 0.1) is 0 Å². The van der Waals surface area contributed by atoms with Crippen LogP contribution in [0.1, 0.15) is 12.8 Å². The van der Waals surface area contributed by atoms with Gasteiger partial charge in [-0.3, -0.25) is 0 Å². The third kappa shape index (κ3) is 9.95. The Balaban J connectivity index is 4.43. The third-order valence-electron chi connectivity index (χ3n) is 2.55. The predicted octanol–water partition coefficient (Wildman–Crippen LogP) is -1.36. The van der Waals surface area contributed by atoms with Crippen LogP contribution in [0.4, 0.5) is 0 Å². The quantitative estimate of drug-likeness (QED) is 0.209. The topological polar surface area (TPSA) is 159 Å². The molecule has 0 aliphatic carbocycles. The Bertz CT molecular complexity index is 423. The van der Waals surface area contributed by atoms with Gasteiger partial charge in [-0.2, -0.15) is 0 Å². The summed E-state index contributed by atoms with van der Waals surface area (Å²) in [6.07, 6.45) is -0.150. The van der Waals surface area contributed by atoms with E-state index in [9.17, 15) is 19.2 Å². The molecule has 6 N–H and O–H groups in total. The van der Waals surface area contributed by atoms with Crippen molar-refractivity contribution in [2.24, 2.45) is 5.73 Å². The molecule has 0 spiro atoms. The number of nitrogens with one attached hydrogen (secondary N) is 2. The first kappa shape index (κ1) is 21.1. The molecule has 0 saturated heterocycles. The van der Waals surface area contributed by atoms with Crippen LogP contribution in [0.25, 0.3) is 0 Å². The van der Waals surface area contributed by atoms with Crippen LogP contribution in [0.15, 0.2) is 0 Å². The fourth-order valence-corrected chi connectivity index (χ4v) is 7.58. The predicted molar refractivity (Wildman–Crippen MR) is 75.7 cm³/mol. The molecule has 0 aromatic heterocycles. The number of carbonyl (C=O) groups excluding carboxylic acids is 2. The molecule has 0 aromatic carbocycles. The Hall–Kier alpha value is -0.875. The van der Waals surface area contributed by atoms with Gasteiger partial charge in [-0.15, -0.1) is 0 Å². The van der Waals surface area contributed by atoms with Gasteiger partial charge < -0.3 is 0 Å². The Morgan fingerprint density at radius 3 is 2.41 bits per heavy atom. The summed E-state index contributed by atoms with van der Waals surface area (Å²) in [5.41, 5.74) is 5.30. The van der Waals surface area contributed by atoms with Crippen molar-refractivity contribution in [3.05, 3.63) is 0 Å². The van der Waals surface area contributed by atoms with Crippen molar-refractivity contribution in [2.75, 3.05) is 12.3 Å². The van der Waals surface area contributed by atoms with Gasteiger partial charge in [0.25, 0.3) is 0 Å². The van der Waals surface area contributed by atoms with Gasteiger partial charge in [0.1, 0.15) is 0 Å². The van der Waals surface area contributed by atoms with Crippen molar-refractivity contribution in [3.63, 3.8) is 0 Å². The van der Waals surface area contributed by atoms with Crippen LogP contribution in [0.5, 0.6) is 0 Å². The normalized spacial score (nSPS) is 12.6. The summed E-state index contributed by atoms with van der Waals surface area (Å²) in [7, 11) is 1.63. The Morgan fingerprint density at radius 2 is 1.91 bits per heavy atom. The van der Waals surface area contributed by atoms with Gasteiger partial charge in [-0.25, -0.2) is 0 Å². The number of carboxylic acid groups (broad SMARTS) is 2. The van der Waals surface area contributed by atoms with Gasteiger partial charge in [-0.1, -0.05) is 0 Å². The molecule has 2 atom stereocenters. The minimum absolute atomic E-state index is 0.0362. The molecule has 9 nitrogen and oxygen atoms in total. The van der Waals surface area contributed by atoms with E-state index in [0.717, 1.165) is 0 Å². The van der Waals surface area contributed by atoms with Crippen LogP contribution in [0.3, 0.4) is 0 Å². The standard InChI is InChI=1S/C10H17N3O6S.CH3.Hg/c11-5(10(18)19)1-2-7(14)13-6(4-20)9(17)12-3-8(15)16;;/h5-6,20H,1-4,11H2,(H,12,17)(H,13,14)(H,15,16)(H,18,19);1H3;/q;;+1/p-1/t5-,6-;;/m0../s1. The van der Waals surface area contributed by atoms with Crippen molar-refractivity contribution in [3.8, 4) is 0 Å². The number of amides is 2. The van der Waals surface area contributed by atoms with Crippen LogP contribution in [0.2, 0.25) is 4.43 Å². The zero-order valence-electron chi connectivity index (χ0n) is 12.2. The van der Waals surface area contributed by atoms with Crippen LogP contribution in [-0.4, -0.2) is 58.3 Å².